The fraction of sp³-hybridized carbons (Fsp3) is 0.321. The van der Waals surface area contributed by atoms with Gasteiger partial charge in [-0.3, -0.25) is 9.59 Å². The maximum atomic E-state index is 13.4. The Morgan fingerprint density at radius 2 is 1.51 bits per heavy atom. The molecule has 5 rings (SSSR count). The predicted octanol–water partition coefficient (Wildman–Crippen LogP) is 3.91. The normalized spacial score (nSPS) is 16.7. The van der Waals surface area contributed by atoms with E-state index in [9.17, 15) is 31.5 Å². The van der Waals surface area contributed by atoms with Crippen LogP contribution in [0.5, 0.6) is 0 Å². The summed E-state index contributed by atoms with van der Waals surface area (Å²) in [6.07, 6.45) is -3.77. The van der Waals surface area contributed by atoms with Gasteiger partial charge in [0.2, 0.25) is 5.91 Å². The smallest absolute Gasteiger partial charge is 0.475 e. The van der Waals surface area contributed by atoms with Gasteiger partial charge in [-0.1, -0.05) is 12.1 Å². The van der Waals surface area contributed by atoms with Crippen molar-refractivity contribution >= 4 is 34.2 Å². The lowest BCUT2D eigenvalue weighted by atomic mass is 9.85. The van der Waals surface area contributed by atoms with Gasteiger partial charge in [-0.25, -0.2) is 13.6 Å². The Bertz CT molecular complexity index is 1420. The molecule has 2 heterocycles. The van der Waals surface area contributed by atoms with E-state index in [4.69, 9.17) is 9.90 Å². The molecule has 2 aliphatic heterocycles. The van der Waals surface area contributed by atoms with Crippen molar-refractivity contribution in [2.75, 3.05) is 37.7 Å². The van der Waals surface area contributed by atoms with Crippen molar-refractivity contribution in [2.24, 2.45) is 0 Å². The standard InChI is InChI=1S/C26H26F2N4O2.C2HF3O2/c27-21-5-7-23(8-6-21)32-17-30-25(34)26(32)9-12-31(13-10-26)14-11-29-24(33)20-2-1-19-16-22(28)4-3-18(19)15-20;3-2(4,5)1(6)7/h1-8,15-16H,9-14,17H2,(H,29,33)(H,30,34);(H,6,7). The van der Waals surface area contributed by atoms with Crippen LogP contribution in [0.15, 0.2) is 60.7 Å². The molecule has 8 nitrogen and oxygen atoms in total. The Morgan fingerprint density at radius 3 is 2.15 bits per heavy atom. The molecular weight excluding hydrogens is 551 g/mol. The lowest BCUT2D eigenvalue weighted by Crippen LogP contribution is -2.57. The third-order valence-electron chi connectivity index (χ3n) is 7.18. The first-order valence-corrected chi connectivity index (χ1v) is 12.7. The summed E-state index contributed by atoms with van der Waals surface area (Å²) in [5.74, 6) is -3.51. The molecule has 218 valence electrons. The third kappa shape index (κ3) is 6.91. The Hall–Kier alpha value is -4.26. The number of benzene rings is 3. The number of anilines is 1. The van der Waals surface area contributed by atoms with Crippen molar-refractivity contribution in [1.82, 2.24) is 15.5 Å². The number of rotatable bonds is 5. The zero-order chi connectivity index (χ0) is 29.8. The maximum absolute atomic E-state index is 13.4. The van der Waals surface area contributed by atoms with Crippen molar-refractivity contribution in [3.05, 3.63) is 77.9 Å². The van der Waals surface area contributed by atoms with Gasteiger partial charge in [0.1, 0.15) is 17.2 Å². The van der Waals surface area contributed by atoms with Gasteiger partial charge in [0.25, 0.3) is 5.91 Å². The van der Waals surface area contributed by atoms with E-state index in [2.05, 4.69) is 15.5 Å². The number of carbonyl (C=O) groups is 3. The van der Waals surface area contributed by atoms with Crippen LogP contribution in [0.4, 0.5) is 27.6 Å². The Labute approximate surface area is 231 Å². The molecule has 0 radical (unpaired) electrons. The fourth-order valence-electron chi connectivity index (χ4n) is 4.98. The van der Waals surface area contributed by atoms with E-state index in [1.165, 1.54) is 24.3 Å². The number of carboxylic acids is 1. The lowest BCUT2D eigenvalue weighted by Gasteiger charge is -2.43. The Morgan fingerprint density at radius 1 is 0.927 bits per heavy atom. The molecule has 0 aromatic heterocycles. The first-order chi connectivity index (χ1) is 19.4. The van der Waals surface area contributed by atoms with Crippen LogP contribution in [0.25, 0.3) is 10.8 Å². The van der Waals surface area contributed by atoms with Crippen LogP contribution in [-0.2, 0) is 9.59 Å². The highest BCUT2D eigenvalue weighted by molar-refractivity contribution is 5.98. The lowest BCUT2D eigenvalue weighted by molar-refractivity contribution is -0.192. The van der Waals surface area contributed by atoms with Gasteiger partial charge >= 0.3 is 12.1 Å². The topological polar surface area (TPSA) is 102 Å². The summed E-state index contributed by atoms with van der Waals surface area (Å²) in [6, 6.07) is 16.0. The molecule has 0 atom stereocenters. The van der Waals surface area contributed by atoms with Crippen LogP contribution in [0.2, 0.25) is 0 Å². The summed E-state index contributed by atoms with van der Waals surface area (Å²) >= 11 is 0. The van der Waals surface area contributed by atoms with E-state index in [0.29, 0.717) is 38.2 Å². The number of alkyl halides is 3. The molecule has 3 aromatic rings. The van der Waals surface area contributed by atoms with Gasteiger partial charge in [-0.15, -0.1) is 0 Å². The summed E-state index contributed by atoms with van der Waals surface area (Å²) in [5.41, 5.74) is 0.746. The first kappa shape index (κ1) is 29.7. The first-order valence-electron chi connectivity index (χ1n) is 12.7. The molecule has 1 spiro atoms. The van der Waals surface area contributed by atoms with Crippen LogP contribution in [0.1, 0.15) is 23.2 Å². The van der Waals surface area contributed by atoms with Crippen LogP contribution >= 0.6 is 0 Å². The molecule has 2 aliphatic rings. The van der Waals surface area contributed by atoms with Gasteiger partial charge in [0.15, 0.2) is 0 Å². The van der Waals surface area contributed by atoms with Gasteiger partial charge < -0.3 is 25.5 Å². The number of nitrogens with one attached hydrogen (secondary N) is 2. The van der Waals surface area contributed by atoms with Crippen LogP contribution < -0.4 is 15.5 Å². The molecule has 2 fully saturated rings. The largest absolute Gasteiger partial charge is 0.490 e. The van der Waals surface area contributed by atoms with Crippen molar-refractivity contribution in [2.45, 2.75) is 24.6 Å². The van der Waals surface area contributed by atoms with Crippen molar-refractivity contribution < 1.29 is 41.4 Å². The third-order valence-corrected chi connectivity index (χ3v) is 7.18. The summed E-state index contributed by atoms with van der Waals surface area (Å²) in [6.45, 7) is 3.03. The number of aliphatic carboxylic acids is 1. The fourth-order valence-corrected chi connectivity index (χ4v) is 4.98. The second-order valence-electron chi connectivity index (χ2n) is 9.71. The summed E-state index contributed by atoms with van der Waals surface area (Å²) in [4.78, 5) is 38.5. The minimum Gasteiger partial charge on any atom is -0.475 e. The molecule has 2 amide bonds. The zero-order valence-corrected chi connectivity index (χ0v) is 21.7. The van der Waals surface area contributed by atoms with Gasteiger partial charge in [0, 0.05) is 37.4 Å². The van der Waals surface area contributed by atoms with E-state index in [1.807, 2.05) is 4.90 Å². The predicted molar refractivity (Wildman–Crippen MR) is 140 cm³/mol. The molecule has 13 heteroatoms. The van der Waals surface area contributed by atoms with Gasteiger partial charge in [-0.2, -0.15) is 13.2 Å². The Kier molecular flexibility index (Phi) is 8.76. The summed E-state index contributed by atoms with van der Waals surface area (Å²) in [5, 5.41) is 14.6. The van der Waals surface area contributed by atoms with E-state index >= 15 is 0 Å². The van der Waals surface area contributed by atoms with Crippen LogP contribution in [-0.4, -0.2) is 72.4 Å². The second kappa shape index (κ2) is 12.1. The minimum absolute atomic E-state index is 0.0148. The van der Waals surface area contributed by atoms with Gasteiger partial charge in [-0.05, 0) is 72.1 Å². The van der Waals surface area contributed by atoms with E-state index in [-0.39, 0.29) is 23.4 Å². The number of hydrogen-bond donors (Lipinski definition) is 3. The molecule has 41 heavy (non-hydrogen) atoms. The summed E-state index contributed by atoms with van der Waals surface area (Å²) in [7, 11) is 0. The molecule has 3 N–H and O–H groups in total. The van der Waals surface area contributed by atoms with Crippen molar-refractivity contribution in [1.29, 1.82) is 0 Å². The molecule has 2 saturated heterocycles. The highest BCUT2D eigenvalue weighted by Gasteiger charge is 2.50. The highest BCUT2D eigenvalue weighted by atomic mass is 19.4. The zero-order valence-electron chi connectivity index (χ0n) is 21.7. The number of likely N-dealkylation sites (tertiary alicyclic amines) is 1. The van der Waals surface area contributed by atoms with Crippen LogP contribution in [0, 0.1) is 11.6 Å². The molecule has 0 saturated carbocycles. The average Bonchev–Trinajstić information content (AvgIpc) is 3.24. The van der Waals surface area contributed by atoms with Crippen molar-refractivity contribution in [3.63, 3.8) is 0 Å². The number of nitrogens with zero attached hydrogens (tertiary/aromatic N) is 2. The van der Waals surface area contributed by atoms with E-state index < -0.39 is 17.7 Å². The quantitative estimate of drug-likeness (QED) is 0.397. The molecular formula is C28H27F5N4O4. The average molecular weight is 579 g/mol. The molecule has 0 aliphatic carbocycles. The molecule has 0 bridgehead atoms. The number of fused-ring (bicyclic) bond motifs is 1. The SMILES string of the molecule is O=C(NCCN1CCC2(CC1)C(=O)NCN2c1ccc(F)cc1)c1ccc2cc(F)ccc2c1.O=C(O)C(F)(F)F. The number of carbonyl (C=O) groups excluding carboxylic acids is 2. The number of hydrogen-bond acceptors (Lipinski definition) is 5. The number of piperidine rings is 1. The molecule has 3 aromatic carbocycles. The molecule has 0 unspecified atom stereocenters. The minimum atomic E-state index is -5.08. The second-order valence-corrected chi connectivity index (χ2v) is 9.71. The van der Waals surface area contributed by atoms with Crippen LogP contribution in [0.3, 0.4) is 0 Å². The number of halogens is 5. The van der Waals surface area contributed by atoms with E-state index in [1.54, 1.807) is 36.4 Å². The Balaban J connectivity index is 0.000000493. The number of carboxylic acid groups (broad SMARTS) is 1. The highest BCUT2D eigenvalue weighted by Crippen LogP contribution is 2.36. The van der Waals surface area contributed by atoms with Crippen molar-refractivity contribution in [3.8, 4) is 0 Å². The summed E-state index contributed by atoms with van der Waals surface area (Å²) < 4.78 is 58.4. The maximum Gasteiger partial charge on any atom is 0.490 e. The van der Waals surface area contributed by atoms with Gasteiger partial charge in [0.05, 0.1) is 6.67 Å². The van der Waals surface area contributed by atoms with E-state index in [0.717, 1.165) is 29.5 Å². The monoisotopic (exact) mass is 578 g/mol. The number of amides is 2.